The molecule has 1 N–H and O–H groups in total. The molecule has 2 atom stereocenters. The van der Waals surface area contributed by atoms with Gasteiger partial charge in [0.1, 0.15) is 12.4 Å². The van der Waals surface area contributed by atoms with E-state index in [1.54, 1.807) is 0 Å². The normalized spacial score (nSPS) is 25.1. The number of aliphatic imine (C=N–C) groups is 1. The molecule has 2 saturated heterocycles. The SMILES string of the molecule is Cc1nnc(CN=C(NCCCN2CCOCC2)N2CC3CCCCC3C2)n1C.I. The Hall–Kier alpha value is -0.940. The minimum Gasteiger partial charge on any atom is -0.379 e. The molecule has 1 aliphatic carbocycles. The Morgan fingerprint density at radius 2 is 1.83 bits per heavy atom. The van der Waals surface area contributed by atoms with Crippen molar-refractivity contribution >= 4 is 29.9 Å². The summed E-state index contributed by atoms with van der Waals surface area (Å²) in [5.74, 6) is 4.61. The van der Waals surface area contributed by atoms with E-state index in [1.807, 2.05) is 18.5 Å². The van der Waals surface area contributed by atoms with Crippen molar-refractivity contribution in [3.05, 3.63) is 11.6 Å². The fourth-order valence-electron chi connectivity index (χ4n) is 4.91. The predicted molar refractivity (Wildman–Crippen MR) is 129 cm³/mol. The van der Waals surface area contributed by atoms with Crippen LogP contribution in [0.3, 0.4) is 0 Å². The number of fused-ring (bicyclic) bond motifs is 1. The van der Waals surface area contributed by atoms with Crippen molar-refractivity contribution < 1.29 is 4.74 Å². The molecular formula is C21H38IN7O. The number of halogens is 1. The summed E-state index contributed by atoms with van der Waals surface area (Å²) in [6.45, 7) is 10.8. The Kier molecular flexibility index (Phi) is 9.18. The summed E-state index contributed by atoms with van der Waals surface area (Å²) in [7, 11) is 2.01. The first-order chi connectivity index (χ1) is 14.2. The molecule has 30 heavy (non-hydrogen) atoms. The molecule has 2 aliphatic heterocycles. The zero-order valence-electron chi connectivity index (χ0n) is 18.6. The van der Waals surface area contributed by atoms with Crippen molar-refractivity contribution in [2.24, 2.45) is 23.9 Å². The van der Waals surface area contributed by atoms with Crippen molar-refractivity contribution in [2.45, 2.75) is 45.6 Å². The molecular weight excluding hydrogens is 493 g/mol. The molecule has 0 spiro atoms. The largest absolute Gasteiger partial charge is 0.379 e. The quantitative estimate of drug-likeness (QED) is 0.262. The van der Waals surface area contributed by atoms with Gasteiger partial charge in [0.2, 0.25) is 0 Å². The van der Waals surface area contributed by atoms with E-state index in [2.05, 4.69) is 25.3 Å². The Labute approximate surface area is 197 Å². The van der Waals surface area contributed by atoms with Gasteiger partial charge in [0.05, 0.1) is 13.2 Å². The summed E-state index contributed by atoms with van der Waals surface area (Å²) in [4.78, 5) is 9.96. The number of ether oxygens (including phenoxy) is 1. The van der Waals surface area contributed by atoms with Crippen LogP contribution in [0.5, 0.6) is 0 Å². The third-order valence-electron chi connectivity index (χ3n) is 6.87. The minimum atomic E-state index is 0. The van der Waals surface area contributed by atoms with Crippen molar-refractivity contribution in [2.75, 3.05) is 52.5 Å². The Bertz CT molecular complexity index is 675. The summed E-state index contributed by atoms with van der Waals surface area (Å²) in [5.41, 5.74) is 0. The van der Waals surface area contributed by atoms with E-state index >= 15 is 0 Å². The van der Waals surface area contributed by atoms with Gasteiger partial charge in [-0.25, -0.2) is 4.99 Å². The summed E-state index contributed by atoms with van der Waals surface area (Å²) in [6.07, 6.45) is 6.68. The third-order valence-corrected chi connectivity index (χ3v) is 6.87. The highest BCUT2D eigenvalue weighted by Gasteiger charge is 2.35. The molecule has 8 nitrogen and oxygen atoms in total. The van der Waals surface area contributed by atoms with Crippen LogP contribution >= 0.6 is 24.0 Å². The van der Waals surface area contributed by atoms with Crippen LogP contribution < -0.4 is 5.32 Å². The molecule has 1 aromatic heterocycles. The van der Waals surface area contributed by atoms with Gasteiger partial charge in [-0.2, -0.15) is 0 Å². The van der Waals surface area contributed by atoms with Gasteiger partial charge in [0.15, 0.2) is 11.8 Å². The molecule has 170 valence electrons. The molecule has 3 heterocycles. The lowest BCUT2D eigenvalue weighted by Crippen LogP contribution is -2.42. The topological polar surface area (TPSA) is 70.8 Å². The van der Waals surface area contributed by atoms with E-state index in [0.29, 0.717) is 6.54 Å². The maximum Gasteiger partial charge on any atom is 0.194 e. The number of rotatable bonds is 6. The van der Waals surface area contributed by atoms with E-state index in [1.165, 1.54) is 25.7 Å². The predicted octanol–water partition coefficient (Wildman–Crippen LogP) is 2.03. The number of nitrogens with zero attached hydrogens (tertiary/aromatic N) is 6. The van der Waals surface area contributed by atoms with Gasteiger partial charge in [-0.3, -0.25) is 4.90 Å². The van der Waals surface area contributed by atoms with Crippen LogP contribution in [-0.2, 0) is 18.3 Å². The highest BCUT2D eigenvalue weighted by Crippen LogP contribution is 2.36. The molecule has 0 bridgehead atoms. The number of aromatic nitrogens is 3. The average Bonchev–Trinajstić information content (AvgIpc) is 3.32. The summed E-state index contributed by atoms with van der Waals surface area (Å²) >= 11 is 0. The van der Waals surface area contributed by atoms with Crippen LogP contribution in [-0.4, -0.2) is 83.0 Å². The first-order valence-electron chi connectivity index (χ1n) is 11.4. The van der Waals surface area contributed by atoms with Gasteiger partial charge < -0.3 is 19.5 Å². The van der Waals surface area contributed by atoms with Crippen molar-refractivity contribution in [3.8, 4) is 0 Å². The lowest BCUT2D eigenvalue weighted by atomic mass is 9.82. The number of hydrogen-bond donors (Lipinski definition) is 1. The van der Waals surface area contributed by atoms with Crippen LogP contribution in [0.25, 0.3) is 0 Å². The third kappa shape index (κ3) is 6.06. The van der Waals surface area contributed by atoms with E-state index in [0.717, 1.165) is 88.3 Å². The molecule has 1 saturated carbocycles. The van der Waals surface area contributed by atoms with Crippen LogP contribution in [0.15, 0.2) is 4.99 Å². The Morgan fingerprint density at radius 1 is 1.13 bits per heavy atom. The monoisotopic (exact) mass is 531 g/mol. The number of nitrogens with one attached hydrogen (secondary N) is 1. The fourth-order valence-corrected chi connectivity index (χ4v) is 4.91. The maximum atomic E-state index is 5.45. The molecule has 3 fully saturated rings. The molecule has 9 heteroatoms. The van der Waals surface area contributed by atoms with Crippen LogP contribution in [0.2, 0.25) is 0 Å². The van der Waals surface area contributed by atoms with E-state index in [9.17, 15) is 0 Å². The molecule has 1 aromatic rings. The zero-order chi connectivity index (χ0) is 20.1. The number of guanidine groups is 1. The second-order valence-electron chi connectivity index (χ2n) is 8.81. The second-order valence-corrected chi connectivity index (χ2v) is 8.81. The number of likely N-dealkylation sites (tertiary alicyclic amines) is 1. The highest BCUT2D eigenvalue weighted by atomic mass is 127. The molecule has 2 unspecified atom stereocenters. The molecule has 3 aliphatic rings. The first kappa shape index (κ1) is 23.7. The second kappa shape index (κ2) is 11.6. The van der Waals surface area contributed by atoms with Gasteiger partial charge in [-0.1, -0.05) is 12.8 Å². The average molecular weight is 531 g/mol. The van der Waals surface area contributed by atoms with Gasteiger partial charge >= 0.3 is 0 Å². The molecule has 0 aromatic carbocycles. The van der Waals surface area contributed by atoms with E-state index in [4.69, 9.17) is 9.73 Å². The zero-order valence-corrected chi connectivity index (χ0v) is 20.9. The lowest BCUT2D eigenvalue weighted by molar-refractivity contribution is 0.0375. The smallest absolute Gasteiger partial charge is 0.194 e. The molecule has 0 amide bonds. The van der Waals surface area contributed by atoms with E-state index < -0.39 is 0 Å². The van der Waals surface area contributed by atoms with Crippen LogP contribution in [0, 0.1) is 18.8 Å². The maximum absolute atomic E-state index is 5.45. The summed E-state index contributed by atoms with van der Waals surface area (Å²) < 4.78 is 7.48. The first-order valence-corrected chi connectivity index (χ1v) is 11.4. The standard InChI is InChI=1S/C21H37N7O.HI/c1-17-24-25-20(26(17)2)14-23-21(22-8-5-9-27-10-12-29-13-11-27)28-15-18-6-3-4-7-19(18)16-28;/h18-19H,3-16H2,1-2H3,(H,22,23);1H. The molecule has 4 rings (SSSR count). The van der Waals surface area contributed by atoms with Crippen LogP contribution in [0.4, 0.5) is 0 Å². The number of morpholine rings is 1. The number of hydrogen-bond acceptors (Lipinski definition) is 5. The van der Waals surface area contributed by atoms with Crippen molar-refractivity contribution in [3.63, 3.8) is 0 Å². The fraction of sp³-hybridized carbons (Fsp3) is 0.857. The highest BCUT2D eigenvalue weighted by molar-refractivity contribution is 14.0. The van der Waals surface area contributed by atoms with Gasteiger partial charge in [-0.05, 0) is 44.6 Å². The Morgan fingerprint density at radius 3 is 2.47 bits per heavy atom. The van der Waals surface area contributed by atoms with Crippen LogP contribution in [0.1, 0.15) is 43.8 Å². The summed E-state index contributed by atoms with van der Waals surface area (Å²) in [6, 6.07) is 0. The van der Waals surface area contributed by atoms with Gasteiger partial charge in [0, 0.05) is 39.8 Å². The number of aryl methyl sites for hydroxylation is 1. The Balaban J connectivity index is 0.00000256. The minimum absolute atomic E-state index is 0. The van der Waals surface area contributed by atoms with Crippen molar-refractivity contribution in [1.29, 1.82) is 0 Å². The van der Waals surface area contributed by atoms with Gasteiger partial charge in [-0.15, -0.1) is 34.2 Å². The van der Waals surface area contributed by atoms with Gasteiger partial charge in [0.25, 0.3) is 0 Å². The lowest BCUT2D eigenvalue weighted by Gasteiger charge is -2.27. The van der Waals surface area contributed by atoms with Crippen molar-refractivity contribution in [1.82, 2.24) is 29.9 Å². The van der Waals surface area contributed by atoms with E-state index in [-0.39, 0.29) is 24.0 Å². The molecule has 0 radical (unpaired) electrons. The summed E-state index contributed by atoms with van der Waals surface area (Å²) in [5, 5.41) is 12.1.